The maximum atomic E-state index is 9.72. The van der Waals surface area contributed by atoms with Crippen molar-refractivity contribution >= 4 is 23.0 Å². The van der Waals surface area contributed by atoms with Gasteiger partial charge in [0.05, 0.1) is 6.10 Å². The molecule has 0 saturated heterocycles. The highest BCUT2D eigenvalue weighted by Crippen LogP contribution is 2.39. The van der Waals surface area contributed by atoms with Gasteiger partial charge in [-0.05, 0) is 37.0 Å². The van der Waals surface area contributed by atoms with Gasteiger partial charge in [-0.3, -0.25) is 0 Å². The van der Waals surface area contributed by atoms with Gasteiger partial charge >= 0.3 is 0 Å². The Labute approximate surface area is 91.6 Å². The van der Waals surface area contributed by atoms with Crippen molar-refractivity contribution in [2.24, 2.45) is 0 Å². The van der Waals surface area contributed by atoms with E-state index in [1.54, 1.807) is 0 Å². The standard InChI is InChI=1S/C10H11IO2/c1-6-2-5-9(13-11)7-3-4-8(12)10(6)7/h2,5,8,12H,3-4H2,1H3/t8-/m1/s1. The number of aryl methyl sites for hydroxylation is 1. The summed E-state index contributed by atoms with van der Waals surface area (Å²) >= 11 is 1.88. The molecule has 13 heavy (non-hydrogen) atoms. The van der Waals surface area contributed by atoms with Crippen LogP contribution in [0.5, 0.6) is 5.75 Å². The molecule has 1 aromatic carbocycles. The summed E-state index contributed by atoms with van der Waals surface area (Å²) in [6.45, 7) is 2.03. The van der Waals surface area contributed by atoms with E-state index in [-0.39, 0.29) is 6.10 Å². The molecule has 2 rings (SSSR count). The molecular formula is C10H11IO2. The van der Waals surface area contributed by atoms with Crippen molar-refractivity contribution in [1.29, 1.82) is 0 Å². The SMILES string of the molecule is Cc1ccc(OI)c2c1[C@H](O)CC2. The number of halogens is 1. The van der Waals surface area contributed by atoms with Crippen molar-refractivity contribution in [1.82, 2.24) is 0 Å². The monoisotopic (exact) mass is 290 g/mol. The van der Waals surface area contributed by atoms with E-state index in [2.05, 4.69) is 0 Å². The number of rotatable bonds is 1. The van der Waals surface area contributed by atoms with E-state index in [0.29, 0.717) is 0 Å². The Morgan fingerprint density at radius 2 is 2.31 bits per heavy atom. The molecule has 0 unspecified atom stereocenters. The molecular weight excluding hydrogens is 279 g/mol. The van der Waals surface area contributed by atoms with Crippen molar-refractivity contribution in [3.8, 4) is 5.75 Å². The van der Waals surface area contributed by atoms with Gasteiger partial charge in [-0.15, -0.1) is 0 Å². The zero-order chi connectivity index (χ0) is 9.42. The van der Waals surface area contributed by atoms with Crippen molar-refractivity contribution in [3.05, 3.63) is 28.8 Å². The van der Waals surface area contributed by atoms with Crippen LogP contribution in [0.4, 0.5) is 0 Å². The molecule has 0 fully saturated rings. The zero-order valence-corrected chi connectivity index (χ0v) is 9.54. The molecule has 0 radical (unpaired) electrons. The molecule has 0 amide bonds. The topological polar surface area (TPSA) is 29.5 Å². The van der Waals surface area contributed by atoms with Crippen LogP contribution in [0, 0.1) is 6.92 Å². The third-order valence-corrected chi connectivity index (χ3v) is 3.09. The molecule has 1 aliphatic rings. The van der Waals surface area contributed by atoms with Gasteiger partial charge in [0.15, 0.2) is 23.0 Å². The van der Waals surface area contributed by atoms with Crippen LogP contribution >= 0.6 is 23.0 Å². The lowest BCUT2D eigenvalue weighted by atomic mass is 10.0. The molecule has 0 aliphatic heterocycles. The van der Waals surface area contributed by atoms with Gasteiger partial charge in [0, 0.05) is 5.56 Å². The summed E-state index contributed by atoms with van der Waals surface area (Å²) < 4.78 is 5.22. The summed E-state index contributed by atoms with van der Waals surface area (Å²) in [6.07, 6.45) is 1.46. The normalized spacial score (nSPS) is 20.1. The minimum absolute atomic E-state index is 0.290. The van der Waals surface area contributed by atoms with Gasteiger partial charge in [-0.2, -0.15) is 0 Å². The van der Waals surface area contributed by atoms with Gasteiger partial charge in [0.1, 0.15) is 5.75 Å². The molecule has 0 saturated carbocycles. The molecule has 0 heterocycles. The first-order valence-corrected chi connectivity index (χ1v) is 5.21. The highest BCUT2D eigenvalue weighted by molar-refractivity contribution is 14.1. The Balaban J connectivity index is 2.59. The van der Waals surface area contributed by atoms with Crippen molar-refractivity contribution < 1.29 is 8.17 Å². The zero-order valence-electron chi connectivity index (χ0n) is 7.38. The third kappa shape index (κ3) is 1.44. The number of hydrogen-bond donors (Lipinski definition) is 1. The van der Waals surface area contributed by atoms with Crippen LogP contribution in [-0.2, 0) is 6.42 Å². The second kappa shape index (κ2) is 3.46. The smallest absolute Gasteiger partial charge is 0.192 e. The van der Waals surface area contributed by atoms with Gasteiger partial charge in [-0.1, -0.05) is 6.07 Å². The lowest BCUT2D eigenvalue weighted by Gasteiger charge is -2.10. The molecule has 3 heteroatoms. The summed E-state index contributed by atoms with van der Waals surface area (Å²) in [5.41, 5.74) is 3.42. The Kier molecular flexibility index (Phi) is 2.47. The van der Waals surface area contributed by atoms with Crippen LogP contribution in [0.15, 0.2) is 12.1 Å². The lowest BCUT2D eigenvalue weighted by molar-refractivity contribution is 0.179. The van der Waals surface area contributed by atoms with E-state index >= 15 is 0 Å². The van der Waals surface area contributed by atoms with Crippen LogP contribution < -0.4 is 3.07 Å². The van der Waals surface area contributed by atoms with Gasteiger partial charge in [0.25, 0.3) is 0 Å². The molecule has 1 N–H and O–H groups in total. The van der Waals surface area contributed by atoms with Crippen LogP contribution in [0.1, 0.15) is 29.2 Å². The van der Waals surface area contributed by atoms with Gasteiger partial charge < -0.3 is 8.17 Å². The largest absolute Gasteiger partial charge is 0.427 e. The first-order valence-electron chi connectivity index (χ1n) is 4.33. The molecule has 1 aromatic rings. The average Bonchev–Trinajstić information content (AvgIpc) is 2.50. The van der Waals surface area contributed by atoms with Crippen LogP contribution in [-0.4, -0.2) is 5.11 Å². The van der Waals surface area contributed by atoms with Crippen molar-refractivity contribution in [2.45, 2.75) is 25.9 Å². The Hall–Kier alpha value is -0.290. The number of benzene rings is 1. The first kappa shape index (κ1) is 9.27. The Bertz CT molecular complexity index is 336. The highest BCUT2D eigenvalue weighted by Gasteiger charge is 2.25. The fourth-order valence-corrected chi connectivity index (χ4v) is 2.39. The fraction of sp³-hybridized carbons (Fsp3) is 0.400. The maximum absolute atomic E-state index is 9.72. The van der Waals surface area contributed by atoms with E-state index in [4.69, 9.17) is 3.07 Å². The second-order valence-corrected chi connectivity index (χ2v) is 3.84. The second-order valence-electron chi connectivity index (χ2n) is 3.40. The number of hydrogen-bond acceptors (Lipinski definition) is 2. The molecule has 0 aromatic heterocycles. The molecule has 70 valence electrons. The van der Waals surface area contributed by atoms with E-state index < -0.39 is 0 Å². The summed E-state index contributed by atoms with van der Waals surface area (Å²) in [5.74, 6) is 0.901. The molecule has 1 atom stereocenters. The quantitative estimate of drug-likeness (QED) is 0.806. The lowest BCUT2D eigenvalue weighted by Crippen LogP contribution is -1.95. The van der Waals surface area contributed by atoms with E-state index in [9.17, 15) is 5.11 Å². The van der Waals surface area contributed by atoms with E-state index in [1.165, 1.54) is 5.56 Å². The summed E-state index contributed by atoms with van der Waals surface area (Å²) in [6, 6.07) is 3.97. The van der Waals surface area contributed by atoms with E-state index in [0.717, 1.165) is 29.7 Å². The Morgan fingerprint density at radius 1 is 1.54 bits per heavy atom. The maximum Gasteiger partial charge on any atom is 0.192 e. The first-order chi connectivity index (χ1) is 6.24. The predicted molar refractivity (Wildman–Crippen MR) is 59.1 cm³/mol. The number of aliphatic hydroxyl groups is 1. The number of fused-ring (bicyclic) bond motifs is 1. The van der Waals surface area contributed by atoms with Gasteiger partial charge in [-0.25, -0.2) is 0 Å². The average molecular weight is 290 g/mol. The van der Waals surface area contributed by atoms with Crippen LogP contribution in [0.2, 0.25) is 0 Å². The minimum atomic E-state index is -0.290. The van der Waals surface area contributed by atoms with Crippen LogP contribution in [0.25, 0.3) is 0 Å². The number of aliphatic hydroxyl groups excluding tert-OH is 1. The Morgan fingerprint density at radius 3 is 3.00 bits per heavy atom. The molecule has 0 spiro atoms. The minimum Gasteiger partial charge on any atom is -0.427 e. The summed E-state index contributed by atoms with van der Waals surface area (Å²) in [5, 5.41) is 9.72. The van der Waals surface area contributed by atoms with Crippen LogP contribution in [0.3, 0.4) is 0 Å². The highest BCUT2D eigenvalue weighted by atomic mass is 127. The molecule has 1 aliphatic carbocycles. The van der Waals surface area contributed by atoms with Crippen molar-refractivity contribution in [2.75, 3.05) is 0 Å². The van der Waals surface area contributed by atoms with Gasteiger partial charge in [0.2, 0.25) is 0 Å². The molecule has 2 nitrogen and oxygen atoms in total. The van der Waals surface area contributed by atoms with E-state index in [1.807, 2.05) is 42.1 Å². The predicted octanol–water partition coefficient (Wildman–Crippen LogP) is 2.70. The van der Waals surface area contributed by atoms with Crippen molar-refractivity contribution in [3.63, 3.8) is 0 Å². The molecule has 0 bridgehead atoms. The summed E-state index contributed by atoms with van der Waals surface area (Å²) in [7, 11) is 0. The fourth-order valence-electron chi connectivity index (χ4n) is 1.98. The summed E-state index contributed by atoms with van der Waals surface area (Å²) in [4.78, 5) is 0. The third-order valence-electron chi connectivity index (χ3n) is 2.62.